The summed E-state index contributed by atoms with van der Waals surface area (Å²) < 4.78 is 5.13. The number of hydrogen-bond acceptors (Lipinski definition) is 5. The van der Waals surface area contributed by atoms with Gasteiger partial charge in [0.1, 0.15) is 0 Å². The average molecular weight is 238 g/mol. The van der Waals surface area contributed by atoms with Gasteiger partial charge in [-0.3, -0.25) is 4.79 Å². The van der Waals surface area contributed by atoms with Gasteiger partial charge in [0.15, 0.2) is 5.82 Å². The van der Waals surface area contributed by atoms with E-state index in [4.69, 9.17) is 10.5 Å². The van der Waals surface area contributed by atoms with E-state index in [-0.39, 0.29) is 11.3 Å². The summed E-state index contributed by atoms with van der Waals surface area (Å²) in [5.41, 5.74) is 5.37. The molecule has 1 fully saturated rings. The summed E-state index contributed by atoms with van der Waals surface area (Å²) in [7, 11) is 1.48. The van der Waals surface area contributed by atoms with Gasteiger partial charge >= 0.3 is 0 Å². The number of nitrogens with zero attached hydrogens (tertiary/aromatic N) is 2. The van der Waals surface area contributed by atoms with E-state index < -0.39 is 0 Å². The Hall–Kier alpha value is -1.56. The zero-order chi connectivity index (χ0) is 12.3. The molecule has 1 aliphatic carbocycles. The maximum Gasteiger partial charge on any atom is 0.295 e. The van der Waals surface area contributed by atoms with Gasteiger partial charge in [-0.2, -0.15) is 0 Å². The first-order valence-corrected chi connectivity index (χ1v) is 5.86. The third-order valence-electron chi connectivity index (χ3n) is 3.15. The van der Waals surface area contributed by atoms with Gasteiger partial charge in [0, 0.05) is 19.1 Å². The molecule has 3 N–H and O–H groups in total. The lowest BCUT2D eigenvalue weighted by molar-refractivity contribution is 0.370. The Balaban J connectivity index is 2.34. The highest BCUT2D eigenvalue weighted by molar-refractivity contribution is 5.51. The van der Waals surface area contributed by atoms with Gasteiger partial charge in [0.25, 0.3) is 5.56 Å². The summed E-state index contributed by atoms with van der Waals surface area (Å²) in [4.78, 5) is 20.4. The van der Waals surface area contributed by atoms with Crippen molar-refractivity contribution >= 4 is 5.82 Å². The van der Waals surface area contributed by atoms with Crippen LogP contribution >= 0.6 is 0 Å². The smallest absolute Gasteiger partial charge is 0.295 e. The van der Waals surface area contributed by atoms with Gasteiger partial charge in [0.2, 0.25) is 5.75 Å². The molecule has 1 heterocycles. The molecule has 0 radical (unpaired) electrons. The Morgan fingerprint density at radius 1 is 1.65 bits per heavy atom. The minimum Gasteiger partial charge on any atom is -0.489 e. The van der Waals surface area contributed by atoms with Crippen molar-refractivity contribution in [2.45, 2.75) is 25.3 Å². The molecule has 0 amide bonds. The summed E-state index contributed by atoms with van der Waals surface area (Å²) in [5.74, 6) is 0.874. The molecule has 0 atom stereocenters. The van der Waals surface area contributed by atoms with E-state index in [1.807, 2.05) is 0 Å². The van der Waals surface area contributed by atoms with Crippen LogP contribution in [0.25, 0.3) is 0 Å². The second-order valence-electron chi connectivity index (χ2n) is 4.16. The predicted molar refractivity (Wildman–Crippen MR) is 65.4 cm³/mol. The summed E-state index contributed by atoms with van der Waals surface area (Å²) in [6.45, 7) is 1.23. The zero-order valence-corrected chi connectivity index (χ0v) is 9.98. The average Bonchev–Trinajstić information content (AvgIpc) is 2.26. The predicted octanol–water partition coefficient (Wildman–Crippen LogP) is 0.0961. The van der Waals surface area contributed by atoms with Crippen molar-refractivity contribution < 1.29 is 4.74 Å². The van der Waals surface area contributed by atoms with E-state index in [1.54, 1.807) is 0 Å². The van der Waals surface area contributed by atoms with Crippen LogP contribution in [-0.2, 0) is 0 Å². The number of H-pyrrole nitrogens is 1. The number of aromatic amines is 1. The van der Waals surface area contributed by atoms with Crippen LogP contribution in [0.2, 0.25) is 0 Å². The molecule has 0 aromatic carbocycles. The molecule has 0 saturated heterocycles. The number of methoxy groups -OCH3 is 1. The van der Waals surface area contributed by atoms with Gasteiger partial charge in [-0.05, 0) is 19.3 Å². The Labute approximate surface area is 99.8 Å². The highest BCUT2D eigenvalue weighted by Gasteiger charge is 2.28. The van der Waals surface area contributed by atoms with Gasteiger partial charge < -0.3 is 20.4 Å². The number of aromatic nitrogens is 2. The van der Waals surface area contributed by atoms with Crippen LogP contribution in [0.4, 0.5) is 5.82 Å². The van der Waals surface area contributed by atoms with Crippen LogP contribution in [0.1, 0.15) is 19.3 Å². The molecule has 6 heteroatoms. The molecule has 6 nitrogen and oxygen atoms in total. The fraction of sp³-hybridized carbons (Fsp3) is 0.636. The molecule has 0 aliphatic heterocycles. The first kappa shape index (κ1) is 11.9. The van der Waals surface area contributed by atoms with Crippen molar-refractivity contribution in [2.75, 3.05) is 25.1 Å². The highest BCUT2D eigenvalue weighted by atomic mass is 16.5. The number of anilines is 1. The molecule has 2 rings (SSSR count). The van der Waals surface area contributed by atoms with Crippen molar-refractivity contribution in [1.29, 1.82) is 0 Å². The zero-order valence-electron chi connectivity index (χ0n) is 9.98. The number of rotatable bonds is 5. The molecule has 1 aromatic heterocycles. The highest BCUT2D eigenvalue weighted by Crippen LogP contribution is 2.31. The number of nitrogens with two attached hydrogens (primary N) is 1. The van der Waals surface area contributed by atoms with Crippen molar-refractivity contribution in [3.63, 3.8) is 0 Å². The van der Waals surface area contributed by atoms with E-state index in [2.05, 4.69) is 14.9 Å². The maximum atomic E-state index is 11.6. The minimum atomic E-state index is -0.251. The first-order valence-electron chi connectivity index (χ1n) is 5.86. The van der Waals surface area contributed by atoms with Crippen molar-refractivity contribution in [2.24, 2.45) is 5.73 Å². The maximum absolute atomic E-state index is 11.6. The van der Waals surface area contributed by atoms with Gasteiger partial charge in [-0.1, -0.05) is 0 Å². The molecule has 0 bridgehead atoms. The van der Waals surface area contributed by atoms with E-state index in [1.165, 1.54) is 19.9 Å². The SMILES string of the molecule is COc1c(N(CCN)C2CCC2)nc[nH]c1=O. The lowest BCUT2D eigenvalue weighted by Crippen LogP contribution is -2.44. The second-order valence-corrected chi connectivity index (χ2v) is 4.16. The molecular weight excluding hydrogens is 220 g/mol. The van der Waals surface area contributed by atoms with Crippen LogP contribution in [0.5, 0.6) is 5.75 Å². The number of ether oxygens (including phenoxy) is 1. The summed E-state index contributed by atoms with van der Waals surface area (Å²) in [5, 5.41) is 0. The van der Waals surface area contributed by atoms with Crippen LogP contribution in [0, 0.1) is 0 Å². The van der Waals surface area contributed by atoms with Crippen LogP contribution in [0.15, 0.2) is 11.1 Å². The number of nitrogens with one attached hydrogen (secondary N) is 1. The Bertz CT molecular complexity index is 428. The third-order valence-corrected chi connectivity index (χ3v) is 3.15. The van der Waals surface area contributed by atoms with Gasteiger partial charge in [-0.25, -0.2) is 4.98 Å². The van der Waals surface area contributed by atoms with E-state index in [9.17, 15) is 4.79 Å². The Morgan fingerprint density at radius 3 is 2.94 bits per heavy atom. The molecule has 1 aliphatic rings. The molecule has 94 valence electrons. The van der Waals surface area contributed by atoms with Crippen molar-refractivity contribution in [3.05, 3.63) is 16.7 Å². The summed E-state index contributed by atoms with van der Waals surface area (Å²) in [6.07, 6.45) is 4.87. The molecule has 0 spiro atoms. The number of hydrogen-bond donors (Lipinski definition) is 2. The Kier molecular flexibility index (Phi) is 3.63. The normalized spacial score (nSPS) is 15.4. The molecule has 1 aromatic rings. The summed E-state index contributed by atoms with van der Waals surface area (Å²) in [6, 6.07) is 0.432. The largest absolute Gasteiger partial charge is 0.489 e. The van der Waals surface area contributed by atoms with Gasteiger partial charge in [0.05, 0.1) is 13.4 Å². The minimum absolute atomic E-state index is 0.251. The lowest BCUT2D eigenvalue weighted by atomic mass is 9.91. The van der Waals surface area contributed by atoms with Crippen LogP contribution in [0.3, 0.4) is 0 Å². The molecule has 17 heavy (non-hydrogen) atoms. The Morgan fingerprint density at radius 2 is 2.41 bits per heavy atom. The first-order chi connectivity index (χ1) is 8.27. The molecular formula is C11H18N4O2. The molecule has 0 unspecified atom stereocenters. The van der Waals surface area contributed by atoms with Crippen molar-refractivity contribution in [1.82, 2.24) is 9.97 Å². The van der Waals surface area contributed by atoms with Gasteiger partial charge in [-0.15, -0.1) is 0 Å². The van der Waals surface area contributed by atoms with Crippen LogP contribution in [-0.4, -0.2) is 36.2 Å². The van der Waals surface area contributed by atoms with Crippen LogP contribution < -0.4 is 20.9 Å². The fourth-order valence-corrected chi connectivity index (χ4v) is 2.07. The standard InChI is InChI=1S/C11H18N4O2/c1-17-9-10(13-7-14-11(9)16)15(6-5-12)8-3-2-4-8/h7-8H,2-6,12H2,1H3,(H,13,14,16). The monoisotopic (exact) mass is 238 g/mol. The topological polar surface area (TPSA) is 84.2 Å². The quantitative estimate of drug-likeness (QED) is 0.760. The lowest BCUT2D eigenvalue weighted by Gasteiger charge is -2.38. The van der Waals surface area contributed by atoms with Crippen molar-refractivity contribution in [3.8, 4) is 5.75 Å². The third kappa shape index (κ3) is 2.26. The van der Waals surface area contributed by atoms with E-state index in [0.717, 1.165) is 12.8 Å². The summed E-state index contributed by atoms with van der Waals surface area (Å²) >= 11 is 0. The second kappa shape index (κ2) is 5.18. The molecule has 1 saturated carbocycles. The van der Waals surface area contributed by atoms with E-state index >= 15 is 0 Å². The fourth-order valence-electron chi connectivity index (χ4n) is 2.07. The van der Waals surface area contributed by atoms with E-state index in [0.29, 0.717) is 24.9 Å².